The van der Waals surface area contributed by atoms with Crippen molar-refractivity contribution in [3.05, 3.63) is 194 Å². The molecule has 0 N–H and O–H groups in total. The molecule has 2 nitrogen and oxygen atoms in total. The lowest BCUT2D eigenvalue weighted by Gasteiger charge is -2.30. The topological polar surface area (TPSA) is 8.17 Å². The molecule has 8 aromatic carbocycles. The summed E-state index contributed by atoms with van der Waals surface area (Å²) in [7, 11) is 0. The number of fused-ring (bicyclic) bond motifs is 6. The summed E-state index contributed by atoms with van der Waals surface area (Å²) in [5, 5.41) is 5.07. The second-order valence-corrected chi connectivity index (χ2v) is 13.9. The summed E-state index contributed by atoms with van der Waals surface area (Å²) in [4.78, 5) is 2.46. The maximum atomic E-state index is 2.46. The number of hydrogen-bond donors (Lipinski definition) is 0. The summed E-state index contributed by atoms with van der Waals surface area (Å²) in [6.45, 7) is 0. The van der Waals surface area contributed by atoms with E-state index in [4.69, 9.17) is 0 Å². The van der Waals surface area contributed by atoms with E-state index in [1.165, 1.54) is 64.2 Å². The quantitative estimate of drug-likeness (QED) is 0.171. The van der Waals surface area contributed by atoms with E-state index in [9.17, 15) is 0 Å². The van der Waals surface area contributed by atoms with Crippen molar-refractivity contribution in [3.8, 4) is 27.9 Å². The fourth-order valence-electron chi connectivity index (χ4n) is 7.80. The number of nitrogens with zero attached hydrogens (tertiary/aromatic N) is 2. The third-order valence-corrected chi connectivity index (χ3v) is 11.2. The van der Waals surface area contributed by atoms with Crippen LogP contribution in [-0.4, -0.2) is 4.57 Å². The Balaban J connectivity index is 1.34. The van der Waals surface area contributed by atoms with Crippen LogP contribution in [0, 0.1) is 0 Å². The van der Waals surface area contributed by atoms with Gasteiger partial charge in [0.15, 0.2) is 0 Å². The second kappa shape index (κ2) is 12.2. The minimum absolute atomic E-state index is 1.11. The molecule has 0 spiro atoms. The van der Waals surface area contributed by atoms with Crippen LogP contribution < -0.4 is 4.90 Å². The molecule has 0 radical (unpaired) electrons. The van der Waals surface area contributed by atoms with E-state index < -0.39 is 0 Å². The van der Waals surface area contributed by atoms with Gasteiger partial charge in [0.25, 0.3) is 0 Å². The molecular weight excluding hydrogens is 637 g/mol. The lowest BCUT2D eigenvalue weighted by Crippen LogP contribution is -2.13. The van der Waals surface area contributed by atoms with Gasteiger partial charge in [-0.2, -0.15) is 0 Å². The summed E-state index contributed by atoms with van der Waals surface area (Å²) in [5.74, 6) is 0. The van der Waals surface area contributed by atoms with E-state index in [1.54, 1.807) is 0 Å². The lowest BCUT2D eigenvalue weighted by atomic mass is 9.96. The Labute approximate surface area is 300 Å². The Morgan fingerprint density at radius 2 is 0.961 bits per heavy atom. The largest absolute Gasteiger partial charge is 0.309 e. The molecule has 2 heterocycles. The van der Waals surface area contributed by atoms with Crippen molar-refractivity contribution in [2.75, 3.05) is 4.90 Å². The minimum Gasteiger partial charge on any atom is -0.309 e. The molecule has 0 fully saturated rings. The third kappa shape index (κ3) is 4.78. The van der Waals surface area contributed by atoms with Crippen LogP contribution in [0.3, 0.4) is 0 Å². The molecule has 0 saturated carbocycles. The molecule has 2 aromatic heterocycles. The molecule has 0 aliphatic heterocycles. The fourth-order valence-corrected chi connectivity index (χ4v) is 9.06. The Morgan fingerprint density at radius 3 is 1.71 bits per heavy atom. The Hall–Kier alpha value is -6.42. The zero-order chi connectivity index (χ0) is 33.7. The summed E-state index contributed by atoms with van der Waals surface area (Å²) in [6, 6.07) is 70.4. The zero-order valence-corrected chi connectivity index (χ0v) is 28.6. The van der Waals surface area contributed by atoms with E-state index in [0.717, 1.165) is 22.7 Å². The van der Waals surface area contributed by atoms with Crippen LogP contribution in [0.15, 0.2) is 194 Å². The number of benzene rings is 8. The summed E-state index contributed by atoms with van der Waals surface area (Å²) in [6.07, 6.45) is 0. The monoisotopic (exact) mass is 668 g/mol. The van der Waals surface area contributed by atoms with Gasteiger partial charge in [0.2, 0.25) is 0 Å². The highest BCUT2D eigenvalue weighted by Gasteiger charge is 2.25. The van der Waals surface area contributed by atoms with E-state index in [0.29, 0.717) is 0 Å². The number of thiophene rings is 1. The van der Waals surface area contributed by atoms with Gasteiger partial charge in [-0.1, -0.05) is 146 Å². The van der Waals surface area contributed by atoms with Gasteiger partial charge in [0.05, 0.1) is 28.1 Å². The Kier molecular flexibility index (Phi) is 7.04. The van der Waals surface area contributed by atoms with Crippen LogP contribution in [0.25, 0.3) is 69.9 Å². The zero-order valence-electron chi connectivity index (χ0n) is 27.8. The van der Waals surface area contributed by atoms with E-state index in [1.807, 2.05) is 11.3 Å². The molecule has 0 bridgehead atoms. The van der Waals surface area contributed by atoms with Crippen molar-refractivity contribution >= 4 is 70.4 Å². The maximum Gasteiger partial charge on any atom is 0.0555 e. The average Bonchev–Trinajstić information content (AvgIpc) is 3.75. The standard InChI is InChI=1S/C48H32N2S/c1-3-17-33(18-4-1)35-21-7-12-26-41(35)49(34-19-5-2-6-20-34)45-32-31-39-38-24-11-16-30-46(38)51-48(39)47(45)40-25-10-15-29-44(40)50-42-27-13-8-22-36(42)37-23-9-14-28-43(37)50/h1-32H. The summed E-state index contributed by atoms with van der Waals surface area (Å²) < 4.78 is 5.02. The van der Waals surface area contributed by atoms with Crippen molar-refractivity contribution in [3.63, 3.8) is 0 Å². The first kappa shape index (κ1) is 29.5. The van der Waals surface area contributed by atoms with Crippen molar-refractivity contribution < 1.29 is 0 Å². The van der Waals surface area contributed by atoms with Gasteiger partial charge < -0.3 is 9.47 Å². The summed E-state index contributed by atoms with van der Waals surface area (Å²) >= 11 is 1.88. The van der Waals surface area contributed by atoms with Gasteiger partial charge in [-0.15, -0.1) is 11.3 Å². The average molecular weight is 669 g/mol. The molecule has 0 aliphatic rings. The normalized spacial score (nSPS) is 11.5. The number of rotatable bonds is 6. The summed E-state index contributed by atoms with van der Waals surface area (Å²) in [5.41, 5.74) is 11.7. The highest BCUT2D eigenvalue weighted by atomic mass is 32.1. The van der Waals surface area contributed by atoms with Gasteiger partial charge in [0, 0.05) is 53.3 Å². The predicted molar refractivity (Wildman–Crippen MR) is 219 cm³/mol. The molecule has 10 rings (SSSR count). The lowest BCUT2D eigenvalue weighted by molar-refractivity contribution is 1.18. The van der Waals surface area contributed by atoms with Crippen molar-refractivity contribution in [2.24, 2.45) is 0 Å². The highest BCUT2D eigenvalue weighted by molar-refractivity contribution is 7.26. The van der Waals surface area contributed by atoms with Crippen LogP contribution in [0.4, 0.5) is 17.1 Å². The van der Waals surface area contributed by atoms with Crippen molar-refractivity contribution in [1.82, 2.24) is 4.57 Å². The highest BCUT2D eigenvalue weighted by Crippen LogP contribution is 2.51. The molecule has 0 aliphatic carbocycles. The fraction of sp³-hybridized carbons (Fsp3) is 0. The molecule has 0 atom stereocenters. The van der Waals surface area contributed by atoms with Gasteiger partial charge in [-0.25, -0.2) is 0 Å². The van der Waals surface area contributed by atoms with Crippen LogP contribution in [-0.2, 0) is 0 Å². The molecular formula is C48H32N2S. The molecule has 51 heavy (non-hydrogen) atoms. The molecule has 0 saturated heterocycles. The Morgan fingerprint density at radius 1 is 0.392 bits per heavy atom. The Bertz CT molecular complexity index is 2810. The van der Waals surface area contributed by atoms with Crippen molar-refractivity contribution in [2.45, 2.75) is 0 Å². The van der Waals surface area contributed by atoms with Crippen LogP contribution in [0.1, 0.15) is 0 Å². The first-order chi connectivity index (χ1) is 25.3. The first-order valence-corrected chi connectivity index (χ1v) is 18.2. The van der Waals surface area contributed by atoms with Gasteiger partial charge >= 0.3 is 0 Å². The van der Waals surface area contributed by atoms with Crippen molar-refractivity contribution in [1.29, 1.82) is 0 Å². The van der Waals surface area contributed by atoms with Crippen LogP contribution in [0.2, 0.25) is 0 Å². The molecule has 3 heteroatoms. The molecule has 10 aromatic rings. The van der Waals surface area contributed by atoms with Gasteiger partial charge in [0.1, 0.15) is 0 Å². The third-order valence-electron chi connectivity index (χ3n) is 10.0. The predicted octanol–water partition coefficient (Wildman–Crippen LogP) is 14.0. The van der Waals surface area contributed by atoms with Gasteiger partial charge in [-0.3, -0.25) is 0 Å². The van der Waals surface area contributed by atoms with E-state index in [-0.39, 0.29) is 0 Å². The number of aromatic nitrogens is 1. The SMILES string of the molecule is c1ccc(-c2ccccc2N(c2ccccc2)c2ccc3c(sc4ccccc43)c2-c2ccccc2-n2c3ccccc3c3ccccc32)cc1. The molecule has 0 unspecified atom stereocenters. The minimum atomic E-state index is 1.11. The van der Waals surface area contributed by atoms with E-state index in [2.05, 4.69) is 204 Å². The molecule has 0 amide bonds. The number of anilines is 3. The molecule has 240 valence electrons. The maximum absolute atomic E-state index is 2.46. The first-order valence-electron chi connectivity index (χ1n) is 17.4. The van der Waals surface area contributed by atoms with Gasteiger partial charge in [-0.05, 0) is 54.1 Å². The van der Waals surface area contributed by atoms with Crippen LogP contribution >= 0.6 is 11.3 Å². The van der Waals surface area contributed by atoms with Crippen LogP contribution in [0.5, 0.6) is 0 Å². The number of para-hydroxylation sites is 5. The van der Waals surface area contributed by atoms with E-state index >= 15 is 0 Å². The second-order valence-electron chi connectivity index (χ2n) is 12.9. The smallest absolute Gasteiger partial charge is 0.0555 e. The number of hydrogen-bond acceptors (Lipinski definition) is 2.